The van der Waals surface area contributed by atoms with Gasteiger partial charge in [0, 0.05) is 11.9 Å². The lowest BCUT2D eigenvalue weighted by Gasteiger charge is -2.37. The molecule has 17 heavy (non-hydrogen) atoms. The van der Waals surface area contributed by atoms with Gasteiger partial charge in [-0.25, -0.2) is 5.10 Å². The summed E-state index contributed by atoms with van der Waals surface area (Å²) >= 11 is 1.73. The number of nitrogens with one attached hydrogen (secondary N) is 1. The van der Waals surface area contributed by atoms with Crippen LogP contribution in [0.5, 0.6) is 0 Å². The molecule has 1 aliphatic heterocycles. The van der Waals surface area contributed by atoms with Crippen molar-refractivity contribution in [1.29, 1.82) is 0 Å². The Labute approximate surface area is 105 Å². The van der Waals surface area contributed by atoms with E-state index in [4.69, 9.17) is 10.5 Å². The minimum absolute atomic E-state index is 0.164. The van der Waals surface area contributed by atoms with Gasteiger partial charge < -0.3 is 10.5 Å². The summed E-state index contributed by atoms with van der Waals surface area (Å²) in [5, 5.41) is 8.10. The Balaban J connectivity index is 1.64. The molecule has 1 saturated carbocycles. The monoisotopic (exact) mass is 254 g/mol. The molecule has 3 N–H and O–H groups in total. The van der Waals surface area contributed by atoms with Crippen LogP contribution in [0.3, 0.4) is 0 Å². The van der Waals surface area contributed by atoms with Crippen LogP contribution in [0.4, 0.5) is 5.95 Å². The molecule has 2 fully saturated rings. The first-order chi connectivity index (χ1) is 8.26. The molecule has 1 aliphatic carbocycles. The van der Waals surface area contributed by atoms with Crippen LogP contribution in [-0.4, -0.2) is 32.6 Å². The van der Waals surface area contributed by atoms with Gasteiger partial charge in [-0.3, -0.25) is 0 Å². The molecule has 0 amide bonds. The van der Waals surface area contributed by atoms with Crippen LogP contribution in [-0.2, 0) is 4.74 Å². The Morgan fingerprint density at radius 3 is 2.94 bits per heavy atom. The van der Waals surface area contributed by atoms with Crippen molar-refractivity contribution in [2.24, 2.45) is 0 Å². The molecule has 0 bridgehead atoms. The van der Waals surface area contributed by atoms with Gasteiger partial charge in [-0.1, -0.05) is 24.6 Å². The number of aromatic nitrogens is 3. The lowest BCUT2D eigenvalue weighted by atomic mass is 9.92. The molecule has 1 saturated heterocycles. The third-order valence-corrected chi connectivity index (χ3v) is 4.85. The fourth-order valence-electron chi connectivity index (χ4n) is 2.91. The normalized spacial score (nSPS) is 27.6. The van der Waals surface area contributed by atoms with E-state index in [0.717, 1.165) is 24.6 Å². The Morgan fingerprint density at radius 1 is 1.41 bits per heavy atom. The lowest BCUT2D eigenvalue weighted by molar-refractivity contribution is -0.0704. The first-order valence-corrected chi connectivity index (χ1v) is 7.12. The van der Waals surface area contributed by atoms with Crippen LogP contribution in [0.2, 0.25) is 0 Å². The summed E-state index contributed by atoms with van der Waals surface area (Å²) in [6.45, 7) is 0.873. The van der Waals surface area contributed by atoms with Crippen molar-refractivity contribution in [3.05, 3.63) is 0 Å². The van der Waals surface area contributed by atoms with E-state index in [1.165, 1.54) is 25.7 Å². The fourth-order valence-corrected chi connectivity index (χ4v) is 4.06. The number of rotatable bonds is 2. The zero-order chi connectivity index (χ0) is 11.7. The smallest absolute Gasteiger partial charge is 0.216 e. The minimum atomic E-state index is 0.164. The van der Waals surface area contributed by atoms with Crippen molar-refractivity contribution in [3.63, 3.8) is 0 Å². The largest absolute Gasteiger partial charge is 0.375 e. The summed E-state index contributed by atoms with van der Waals surface area (Å²) in [5.41, 5.74) is 5.70. The maximum atomic E-state index is 6.01. The van der Waals surface area contributed by atoms with Gasteiger partial charge >= 0.3 is 0 Å². The maximum Gasteiger partial charge on any atom is 0.216 e. The van der Waals surface area contributed by atoms with E-state index in [2.05, 4.69) is 15.2 Å². The van der Waals surface area contributed by atoms with Gasteiger partial charge in [0.2, 0.25) is 11.1 Å². The van der Waals surface area contributed by atoms with Crippen LogP contribution in [0.15, 0.2) is 5.16 Å². The number of H-pyrrole nitrogens is 1. The highest BCUT2D eigenvalue weighted by Gasteiger charge is 2.40. The summed E-state index contributed by atoms with van der Waals surface area (Å²) in [6.07, 6.45) is 7.28. The second kappa shape index (κ2) is 4.49. The number of thioether (sulfide) groups is 1. The lowest BCUT2D eigenvalue weighted by Crippen LogP contribution is -2.38. The van der Waals surface area contributed by atoms with Crippen LogP contribution in [0.25, 0.3) is 0 Å². The Hall–Kier alpha value is -0.750. The van der Waals surface area contributed by atoms with Crippen LogP contribution >= 0.6 is 11.8 Å². The standard InChI is InChI=1S/C11H18N4OS/c12-9-13-10(15-14-9)17-8-3-6-16-11(7-8)4-1-2-5-11/h8H,1-7H2,(H3,12,13,14,15). The average molecular weight is 254 g/mol. The zero-order valence-electron chi connectivity index (χ0n) is 9.82. The number of nitrogens with two attached hydrogens (primary N) is 1. The van der Waals surface area contributed by atoms with E-state index >= 15 is 0 Å². The van der Waals surface area contributed by atoms with Crippen molar-refractivity contribution in [1.82, 2.24) is 15.2 Å². The molecule has 1 spiro atoms. The predicted molar refractivity (Wildman–Crippen MR) is 66.8 cm³/mol. The van der Waals surface area contributed by atoms with E-state index in [-0.39, 0.29) is 5.60 Å². The highest BCUT2D eigenvalue weighted by Crippen LogP contribution is 2.43. The van der Waals surface area contributed by atoms with Gasteiger partial charge in [0.25, 0.3) is 0 Å². The third kappa shape index (κ3) is 2.42. The minimum Gasteiger partial charge on any atom is -0.375 e. The van der Waals surface area contributed by atoms with Gasteiger partial charge in [0.05, 0.1) is 5.60 Å². The number of anilines is 1. The molecule has 1 aromatic heterocycles. The summed E-state index contributed by atoms with van der Waals surface area (Å²) in [6, 6.07) is 0. The molecular formula is C11H18N4OS. The molecule has 0 aromatic carbocycles. The Kier molecular flexibility index (Phi) is 3.00. The summed E-state index contributed by atoms with van der Waals surface area (Å²) in [5.74, 6) is 0.398. The number of nitrogens with zero attached hydrogens (tertiary/aromatic N) is 2. The van der Waals surface area contributed by atoms with Gasteiger partial charge in [0.1, 0.15) is 0 Å². The van der Waals surface area contributed by atoms with Crippen LogP contribution < -0.4 is 5.73 Å². The van der Waals surface area contributed by atoms with Gasteiger partial charge in [-0.15, -0.1) is 5.10 Å². The van der Waals surface area contributed by atoms with E-state index in [9.17, 15) is 0 Å². The maximum absolute atomic E-state index is 6.01. The second-order valence-corrected chi connectivity index (χ2v) is 6.24. The molecule has 3 rings (SSSR count). The van der Waals surface area contributed by atoms with Crippen LogP contribution in [0, 0.1) is 0 Å². The number of hydrogen-bond donors (Lipinski definition) is 2. The summed E-state index contributed by atoms with van der Waals surface area (Å²) in [7, 11) is 0. The molecule has 1 unspecified atom stereocenters. The molecule has 1 aromatic rings. The molecular weight excluding hydrogens is 236 g/mol. The van der Waals surface area contributed by atoms with E-state index in [0.29, 0.717) is 11.2 Å². The van der Waals surface area contributed by atoms with Gasteiger partial charge in [-0.2, -0.15) is 4.98 Å². The first kappa shape index (κ1) is 11.3. The van der Waals surface area contributed by atoms with Crippen molar-refractivity contribution >= 4 is 17.7 Å². The topological polar surface area (TPSA) is 76.8 Å². The predicted octanol–water partition coefficient (Wildman–Crippen LogP) is 1.97. The summed E-state index contributed by atoms with van der Waals surface area (Å²) in [4.78, 5) is 4.15. The SMILES string of the molecule is Nc1nc(SC2CCOC3(CCCC3)C2)n[nH]1. The molecule has 2 heterocycles. The van der Waals surface area contributed by atoms with Crippen molar-refractivity contribution in [2.45, 2.75) is 54.5 Å². The highest BCUT2D eigenvalue weighted by molar-refractivity contribution is 7.99. The zero-order valence-corrected chi connectivity index (χ0v) is 10.6. The molecule has 6 heteroatoms. The van der Waals surface area contributed by atoms with Crippen molar-refractivity contribution < 1.29 is 4.74 Å². The van der Waals surface area contributed by atoms with Crippen molar-refractivity contribution in [3.8, 4) is 0 Å². The van der Waals surface area contributed by atoms with Gasteiger partial charge in [0.15, 0.2) is 0 Å². The molecule has 94 valence electrons. The van der Waals surface area contributed by atoms with Crippen molar-refractivity contribution in [2.75, 3.05) is 12.3 Å². The number of aromatic amines is 1. The molecule has 0 radical (unpaired) electrons. The highest BCUT2D eigenvalue weighted by atomic mass is 32.2. The quantitative estimate of drug-likeness (QED) is 0.843. The average Bonchev–Trinajstić information content (AvgIpc) is 2.89. The Bertz CT molecular complexity index is 389. The number of hydrogen-bond acceptors (Lipinski definition) is 5. The summed E-state index contributed by atoms with van der Waals surface area (Å²) < 4.78 is 6.01. The molecule has 5 nitrogen and oxygen atoms in total. The molecule has 2 aliphatic rings. The molecule has 1 atom stereocenters. The number of nitrogen functional groups attached to an aromatic ring is 1. The van der Waals surface area contributed by atoms with E-state index in [1.807, 2.05) is 0 Å². The first-order valence-electron chi connectivity index (χ1n) is 6.24. The third-order valence-electron chi connectivity index (χ3n) is 3.72. The van der Waals surface area contributed by atoms with Crippen LogP contribution in [0.1, 0.15) is 38.5 Å². The second-order valence-electron chi connectivity index (χ2n) is 4.97. The van der Waals surface area contributed by atoms with Gasteiger partial charge in [-0.05, 0) is 25.7 Å². The Morgan fingerprint density at radius 2 is 2.24 bits per heavy atom. The van der Waals surface area contributed by atoms with E-state index < -0.39 is 0 Å². The number of ether oxygens (including phenoxy) is 1. The van der Waals surface area contributed by atoms with E-state index in [1.54, 1.807) is 11.8 Å². The fraction of sp³-hybridized carbons (Fsp3) is 0.818.